The predicted molar refractivity (Wildman–Crippen MR) is 70.5 cm³/mol. The van der Waals surface area contributed by atoms with Gasteiger partial charge in [-0.25, -0.2) is 8.42 Å². The molecule has 0 aromatic carbocycles. The maximum atomic E-state index is 12.1. The summed E-state index contributed by atoms with van der Waals surface area (Å²) in [6, 6.07) is 0.106. The Morgan fingerprint density at radius 2 is 1.69 bits per heavy atom. The van der Waals surface area contributed by atoms with E-state index in [4.69, 9.17) is 0 Å². The van der Waals surface area contributed by atoms with Crippen LogP contribution in [-0.4, -0.2) is 31.5 Å². The van der Waals surface area contributed by atoms with E-state index in [9.17, 15) is 8.42 Å². The molecule has 98 valence electrons. The normalized spacial score (nSPS) is 15.1. The van der Waals surface area contributed by atoms with Crippen LogP contribution in [0.25, 0.3) is 0 Å². The van der Waals surface area contributed by atoms with Crippen molar-refractivity contribution < 1.29 is 8.42 Å². The molecule has 1 N–H and O–H groups in total. The van der Waals surface area contributed by atoms with Crippen molar-refractivity contribution in [3.63, 3.8) is 0 Å². The summed E-state index contributed by atoms with van der Waals surface area (Å²) in [6.45, 7) is 10.4. The van der Waals surface area contributed by atoms with E-state index >= 15 is 0 Å². The zero-order valence-corrected chi connectivity index (χ0v) is 12.2. The first-order valence-electron chi connectivity index (χ1n) is 6.20. The fraction of sp³-hybridized carbons (Fsp3) is 1.00. The third kappa shape index (κ3) is 5.30. The highest BCUT2D eigenvalue weighted by atomic mass is 32.2. The smallest absolute Gasteiger partial charge is 0.156 e. The zero-order chi connectivity index (χ0) is 12.8. The Hall–Kier alpha value is -0.0900. The van der Waals surface area contributed by atoms with Crippen molar-refractivity contribution in [1.82, 2.24) is 5.32 Å². The summed E-state index contributed by atoms with van der Waals surface area (Å²) in [5.74, 6) is 0.254. The summed E-state index contributed by atoms with van der Waals surface area (Å²) in [5, 5.41) is 3.32. The minimum Gasteiger partial charge on any atom is -0.313 e. The van der Waals surface area contributed by atoms with Crippen LogP contribution in [0.4, 0.5) is 0 Å². The zero-order valence-electron chi connectivity index (χ0n) is 11.3. The molecule has 0 spiro atoms. The van der Waals surface area contributed by atoms with Gasteiger partial charge in [-0.05, 0) is 40.2 Å². The van der Waals surface area contributed by atoms with E-state index in [1.54, 1.807) is 20.8 Å². The third-order valence-corrected chi connectivity index (χ3v) is 5.38. The molecule has 0 aliphatic heterocycles. The molecule has 0 bridgehead atoms. The molecule has 4 heteroatoms. The standard InChI is InChI=1S/C12H27NO2S/c1-6-8-11(13-9-7-2)10-16(14,15)12(3,4)5/h11,13H,6-10H2,1-5H3. The van der Waals surface area contributed by atoms with Crippen LogP contribution in [0.2, 0.25) is 0 Å². The Morgan fingerprint density at radius 1 is 1.12 bits per heavy atom. The lowest BCUT2D eigenvalue weighted by molar-refractivity contribution is 0.490. The molecule has 1 unspecified atom stereocenters. The molecule has 0 aliphatic carbocycles. The average molecular weight is 249 g/mol. The maximum absolute atomic E-state index is 12.1. The van der Waals surface area contributed by atoms with Gasteiger partial charge in [0.2, 0.25) is 0 Å². The number of rotatable bonds is 7. The van der Waals surface area contributed by atoms with E-state index < -0.39 is 14.6 Å². The first-order chi connectivity index (χ1) is 7.24. The molecular weight excluding hydrogens is 222 g/mol. The topological polar surface area (TPSA) is 46.2 Å². The Kier molecular flexibility index (Phi) is 6.56. The minimum absolute atomic E-state index is 0.106. The second kappa shape index (κ2) is 6.60. The van der Waals surface area contributed by atoms with Crippen LogP contribution in [0.15, 0.2) is 0 Å². The van der Waals surface area contributed by atoms with Crippen molar-refractivity contribution in [1.29, 1.82) is 0 Å². The van der Waals surface area contributed by atoms with E-state index in [-0.39, 0.29) is 11.8 Å². The Morgan fingerprint density at radius 3 is 2.06 bits per heavy atom. The lowest BCUT2D eigenvalue weighted by Gasteiger charge is -2.24. The molecule has 0 aliphatic rings. The molecule has 16 heavy (non-hydrogen) atoms. The summed E-state index contributed by atoms with van der Waals surface area (Å²) in [5.41, 5.74) is 0. The van der Waals surface area contributed by atoms with Crippen molar-refractivity contribution in [2.24, 2.45) is 0 Å². The number of sulfone groups is 1. The van der Waals surface area contributed by atoms with Crippen LogP contribution in [0.5, 0.6) is 0 Å². The summed E-state index contributed by atoms with van der Waals surface area (Å²) < 4.78 is 23.5. The highest BCUT2D eigenvalue weighted by Crippen LogP contribution is 2.18. The van der Waals surface area contributed by atoms with E-state index in [0.717, 1.165) is 25.8 Å². The van der Waals surface area contributed by atoms with Crippen LogP contribution >= 0.6 is 0 Å². The second-order valence-corrected chi connectivity index (χ2v) is 8.12. The molecule has 0 saturated carbocycles. The van der Waals surface area contributed by atoms with Crippen LogP contribution in [0.3, 0.4) is 0 Å². The maximum Gasteiger partial charge on any atom is 0.156 e. The van der Waals surface area contributed by atoms with Crippen molar-refractivity contribution in [2.75, 3.05) is 12.3 Å². The summed E-state index contributed by atoms with van der Waals surface area (Å²) in [7, 11) is -3.01. The molecule has 0 radical (unpaired) electrons. The molecule has 0 amide bonds. The second-order valence-electron chi connectivity index (χ2n) is 5.33. The Labute approximate surface area is 101 Å². The number of nitrogens with one attached hydrogen (secondary N) is 1. The van der Waals surface area contributed by atoms with Crippen LogP contribution in [0.1, 0.15) is 53.9 Å². The van der Waals surface area contributed by atoms with Gasteiger partial charge in [0.05, 0.1) is 10.5 Å². The van der Waals surface area contributed by atoms with E-state index in [0.29, 0.717) is 0 Å². The van der Waals surface area contributed by atoms with Gasteiger partial charge in [0.15, 0.2) is 9.84 Å². The largest absolute Gasteiger partial charge is 0.313 e. The van der Waals surface area contributed by atoms with Crippen LogP contribution < -0.4 is 5.32 Å². The van der Waals surface area contributed by atoms with Crippen molar-refractivity contribution in [3.8, 4) is 0 Å². The van der Waals surface area contributed by atoms with E-state index in [1.807, 2.05) is 0 Å². The Bertz CT molecular complexity index is 278. The van der Waals surface area contributed by atoms with E-state index in [2.05, 4.69) is 19.2 Å². The van der Waals surface area contributed by atoms with Crippen LogP contribution in [0, 0.1) is 0 Å². The summed E-state index contributed by atoms with van der Waals surface area (Å²) >= 11 is 0. The van der Waals surface area contributed by atoms with Gasteiger partial charge in [-0.15, -0.1) is 0 Å². The molecule has 3 nitrogen and oxygen atoms in total. The molecule has 0 aromatic heterocycles. The molecule has 0 heterocycles. The summed E-state index contributed by atoms with van der Waals surface area (Å²) in [6.07, 6.45) is 2.98. The van der Waals surface area contributed by atoms with Crippen LogP contribution in [-0.2, 0) is 9.84 Å². The van der Waals surface area contributed by atoms with Gasteiger partial charge in [-0.2, -0.15) is 0 Å². The fourth-order valence-electron chi connectivity index (χ4n) is 1.46. The SMILES string of the molecule is CCCNC(CCC)CS(=O)(=O)C(C)(C)C. The molecule has 0 aromatic rings. The minimum atomic E-state index is -3.01. The van der Waals surface area contributed by atoms with E-state index in [1.165, 1.54) is 0 Å². The molecule has 1 atom stereocenters. The highest BCUT2D eigenvalue weighted by molar-refractivity contribution is 7.92. The first-order valence-corrected chi connectivity index (χ1v) is 7.85. The lowest BCUT2D eigenvalue weighted by Crippen LogP contribution is -2.41. The van der Waals surface area contributed by atoms with Gasteiger partial charge in [-0.1, -0.05) is 20.3 Å². The summed E-state index contributed by atoms with van der Waals surface area (Å²) in [4.78, 5) is 0. The van der Waals surface area contributed by atoms with Crippen molar-refractivity contribution in [3.05, 3.63) is 0 Å². The molecule has 0 saturated heterocycles. The first kappa shape index (κ1) is 15.9. The fourth-order valence-corrected chi connectivity index (χ4v) is 2.77. The monoisotopic (exact) mass is 249 g/mol. The highest BCUT2D eigenvalue weighted by Gasteiger charge is 2.31. The van der Waals surface area contributed by atoms with Gasteiger partial charge in [0.1, 0.15) is 0 Å². The number of hydrogen-bond donors (Lipinski definition) is 1. The quantitative estimate of drug-likeness (QED) is 0.753. The average Bonchev–Trinajstić information content (AvgIpc) is 2.12. The number of hydrogen-bond acceptors (Lipinski definition) is 3. The molecular formula is C12H27NO2S. The van der Waals surface area contributed by atoms with Crippen molar-refractivity contribution >= 4 is 9.84 Å². The van der Waals surface area contributed by atoms with Gasteiger partial charge in [0.25, 0.3) is 0 Å². The van der Waals surface area contributed by atoms with Gasteiger partial charge < -0.3 is 5.32 Å². The van der Waals surface area contributed by atoms with Gasteiger partial charge in [0, 0.05) is 6.04 Å². The third-order valence-electron chi connectivity index (χ3n) is 2.67. The van der Waals surface area contributed by atoms with Gasteiger partial charge >= 0.3 is 0 Å². The predicted octanol–water partition coefficient (Wildman–Crippen LogP) is 2.37. The molecule has 0 fully saturated rings. The van der Waals surface area contributed by atoms with Crippen molar-refractivity contribution in [2.45, 2.75) is 64.7 Å². The van der Waals surface area contributed by atoms with Gasteiger partial charge in [-0.3, -0.25) is 0 Å². The molecule has 0 rings (SSSR count). The lowest BCUT2D eigenvalue weighted by atomic mass is 10.2. The Balaban J connectivity index is 4.50.